The molecule has 124 valence electrons. The molecule has 1 saturated heterocycles. The van der Waals surface area contributed by atoms with Crippen LogP contribution in [0.5, 0.6) is 0 Å². The van der Waals surface area contributed by atoms with Gasteiger partial charge in [-0.2, -0.15) is 0 Å². The maximum Gasteiger partial charge on any atom is 0.250 e. The fraction of sp³-hybridized carbons (Fsp3) is 0.556. The van der Waals surface area contributed by atoms with E-state index in [4.69, 9.17) is 0 Å². The van der Waals surface area contributed by atoms with Crippen LogP contribution in [0, 0.1) is 13.8 Å². The second kappa shape index (κ2) is 6.22. The Kier molecular flexibility index (Phi) is 4.28. The average molecular weight is 315 g/mol. The Morgan fingerprint density at radius 2 is 1.87 bits per heavy atom. The average Bonchev–Trinajstić information content (AvgIpc) is 3.06. The van der Waals surface area contributed by atoms with Crippen molar-refractivity contribution in [3.63, 3.8) is 0 Å². The zero-order chi connectivity index (χ0) is 16.6. The van der Waals surface area contributed by atoms with Gasteiger partial charge in [-0.3, -0.25) is 14.5 Å². The van der Waals surface area contributed by atoms with Gasteiger partial charge in [-0.15, -0.1) is 0 Å². The molecule has 1 N–H and O–H groups in total. The van der Waals surface area contributed by atoms with Crippen LogP contribution in [0.3, 0.4) is 0 Å². The largest absolute Gasteiger partial charge is 0.372 e. The molecule has 0 aliphatic carbocycles. The third kappa shape index (κ3) is 2.92. The summed E-state index contributed by atoms with van der Waals surface area (Å²) in [6.07, 6.45) is 2.83. The number of nitrogens with one attached hydrogen (secondary N) is 1. The van der Waals surface area contributed by atoms with E-state index in [-0.39, 0.29) is 24.4 Å². The van der Waals surface area contributed by atoms with Gasteiger partial charge < -0.3 is 10.2 Å². The molecule has 1 atom stereocenters. The van der Waals surface area contributed by atoms with Gasteiger partial charge >= 0.3 is 0 Å². The fourth-order valence-corrected chi connectivity index (χ4v) is 3.34. The third-order valence-corrected chi connectivity index (χ3v) is 4.96. The molecule has 2 aliphatic heterocycles. The van der Waals surface area contributed by atoms with Crippen molar-refractivity contribution in [3.05, 3.63) is 23.3 Å². The lowest BCUT2D eigenvalue weighted by atomic mass is 10.0. The maximum absolute atomic E-state index is 12.8. The van der Waals surface area contributed by atoms with Gasteiger partial charge in [0.1, 0.15) is 12.6 Å². The summed E-state index contributed by atoms with van der Waals surface area (Å²) < 4.78 is 0. The van der Waals surface area contributed by atoms with Gasteiger partial charge in [0.25, 0.3) is 0 Å². The lowest BCUT2D eigenvalue weighted by Crippen LogP contribution is -2.51. The first-order chi connectivity index (χ1) is 11.0. The number of hydrogen-bond donors (Lipinski definition) is 1. The molecule has 2 amide bonds. The minimum absolute atomic E-state index is 0.00389. The molecule has 23 heavy (non-hydrogen) atoms. The standard InChI is InChI=1S/C18H25N3O2/c1-4-14-18(23)21(11-17(22)20-7-5-6-8-20)16-10-13(3)12(2)9-15(16)19-14/h9-10,14,19H,4-8,11H2,1-3H3. The Labute approximate surface area is 137 Å². The van der Waals surface area contributed by atoms with Crippen LogP contribution in [0.2, 0.25) is 0 Å². The number of carbonyl (C=O) groups is 2. The number of nitrogens with zero attached hydrogens (tertiary/aromatic N) is 2. The van der Waals surface area contributed by atoms with Crippen LogP contribution in [0.1, 0.15) is 37.3 Å². The van der Waals surface area contributed by atoms with Crippen LogP contribution < -0.4 is 10.2 Å². The lowest BCUT2D eigenvalue weighted by Gasteiger charge is -2.36. The molecular weight excluding hydrogens is 290 g/mol. The third-order valence-electron chi connectivity index (χ3n) is 4.96. The number of rotatable bonds is 3. The molecule has 1 unspecified atom stereocenters. The van der Waals surface area contributed by atoms with E-state index in [1.807, 2.05) is 24.8 Å². The number of benzene rings is 1. The molecule has 5 heteroatoms. The highest BCUT2D eigenvalue weighted by atomic mass is 16.2. The van der Waals surface area contributed by atoms with Gasteiger partial charge in [-0.25, -0.2) is 0 Å². The topological polar surface area (TPSA) is 52.7 Å². The van der Waals surface area contributed by atoms with Crippen LogP contribution in [-0.4, -0.2) is 42.4 Å². The van der Waals surface area contributed by atoms with Crippen molar-refractivity contribution in [3.8, 4) is 0 Å². The SMILES string of the molecule is CCC1Nc2cc(C)c(C)cc2N(CC(=O)N2CCCC2)C1=O. The van der Waals surface area contributed by atoms with Crippen molar-refractivity contribution in [1.82, 2.24) is 4.90 Å². The lowest BCUT2D eigenvalue weighted by molar-refractivity contribution is -0.130. The van der Waals surface area contributed by atoms with Gasteiger partial charge in [-0.1, -0.05) is 6.92 Å². The Hall–Kier alpha value is -2.04. The predicted octanol–water partition coefficient (Wildman–Crippen LogP) is 2.46. The maximum atomic E-state index is 12.8. The summed E-state index contributed by atoms with van der Waals surface area (Å²) in [5.41, 5.74) is 4.10. The number of carbonyl (C=O) groups excluding carboxylic acids is 2. The summed E-state index contributed by atoms with van der Waals surface area (Å²) in [6, 6.07) is 3.84. The highest BCUT2D eigenvalue weighted by Gasteiger charge is 2.34. The van der Waals surface area contributed by atoms with Crippen molar-refractivity contribution in [2.24, 2.45) is 0 Å². The van der Waals surface area contributed by atoms with Crippen molar-refractivity contribution >= 4 is 23.2 Å². The second-order valence-electron chi connectivity index (χ2n) is 6.57. The summed E-state index contributed by atoms with van der Waals surface area (Å²) in [6.45, 7) is 7.86. The van der Waals surface area contributed by atoms with Gasteiger partial charge in [0.2, 0.25) is 11.8 Å². The summed E-state index contributed by atoms with van der Waals surface area (Å²) in [7, 11) is 0. The highest BCUT2D eigenvalue weighted by molar-refractivity contribution is 6.08. The fourth-order valence-electron chi connectivity index (χ4n) is 3.34. The zero-order valence-electron chi connectivity index (χ0n) is 14.2. The van der Waals surface area contributed by atoms with Gasteiger partial charge in [0, 0.05) is 13.1 Å². The number of aryl methyl sites for hydroxylation is 2. The Morgan fingerprint density at radius 3 is 2.52 bits per heavy atom. The number of likely N-dealkylation sites (tertiary alicyclic amines) is 1. The van der Waals surface area contributed by atoms with Crippen LogP contribution in [0.25, 0.3) is 0 Å². The number of amides is 2. The molecule has 1 aromatic rings. The molecule has 3 rings (SSSR count). The minimum Gasteiger partial charge on any atom is -0.372 e. The first-order valence-corrected chi connectivity index (χ1v) is 8.48. The van der Waals surface area contributed by atoms with Gasteiger partial charge in [-0.05, 0) is 56.4 Å². The second-order valence-corrected chi connectivity index (χ2v) is 6.57. The quantitative estimate of drug-likeness (QED) is 0.932. The van der Waals surface area contributed by atoms with Crippen molar-refractivity contribution in [2.75, 3.05) is 29.9 Å². The van der Waals surface area contributed by atoms with Gasteiger partial charge in [0.15, 0.2) is 0 Å². The summed E-state index contributed by atoms with van der Waals surface area (Å²) in [5, 5.41) is 3.32. The summed E-state index contributed by atoms with van der Waals surface area (Å²) in [5.74, 6) is 0.0487. The minimum atomic E-state index is -0.254. The molecule has 5 nitrogen and oxygen atoms in total. The van der Waals surface area contributed by atoms with E-state index in [1.165, 1.54) is 5.56 Å². The molecule has 0 saturated carbocycles. The number of hydrogen-bond acceptors (Lipinski definition) is 3. The van der Waals surface area contributed by atoms with Gasteiger partial charge in [0.05, 0.1) is 11.4 Å². The summed E-state index contributed by atoms with van der Waals surface area (Å²) in [4.78, 5) is 28.8. The monoisotopic (exact) mass is 315 g/mol. The Morgan fingerprint density at radius 1 is 1.22 bits per heavy atom. The van der Waals surface area contributed by atoms with E-state index in [2.05, 4.69) is 18.3 Å². The van der Waals surface area contributed by atoms with E-state index >= 15 is 0 Å². The molecule has 1 aromatic carbocycles. The molecular formula is C18H25N3O2. The molecule has 0 radical (unpaired) electrons. The summed E-state index contributed by atoms with van der Waals surface area (Å²) >= 11 is 0. The van der Waals surface area contributed by atoms with E-state index < -0.39 is 0 Å². The van der Waals surface area contributed by atoms with E-state index in [0.29, 0.717) is 6.42 Å². The Balaban J connectivity index is 1.92. The van der Waals surface area contributed by atoms with E-state index in [0.717, 1.165) is 42.9 Å². The van der Waals surface area contributed by atoms with Crippen LogP contribution in [-0.2, 0) is 9.59 Å². The number of anilines is 2. The van der Waals surface area contributed by atoms with Crippen LogP contribution >= 0.6 is 0 Å². The number of fused-ring (bicyclic) bond motifs is 1. The molecule has 0 bridgehead atoms. The smallest absolute Gasteiger partial charge is 0.250 e. The van der Waals surface area contributed by atoms with Crippen molar-refractivity contribution in [1.29, 1.82) is 0 Å². The highest BCUT2D eigenvalue weighted by Crippen LogP contribution is 2.34. The molecule has 2 heterocycles. The first kappa shape index (κ1) is 15.8. The molecule has 2 aliphatic rings. The van der Waals surface area contributed by atoms with Crippen molar-refractivity contribution in [2.45, 2.75) is 46.1 Å². The first-order valence-electron chi connectivity index (χ1n) is 8.48. The predicted molar refractivity (Wildman–Crippen MR) is 91.8 cm³/mol. The Bertz CT molecular complexity index is 635. The van der Waals surface area contributed by atoms with Crippen LogP contribution in [0.4, 0.5) is 11.4 Å². The van der Waals surface area contributed by atoms with Crippen LogP contribution in [0.15, 0.2) is 12.1 Å². The molecule has 1 fully saturated rings. The normalized spacial score (nSPS) is 20.5. The van der Waals surface area contributed by atoms with Crippen molar-refractivity contribution < 1.29 is 9.59 Å². The zero-order valence-corrected chi connectivity index (χ0v) is 14.2. The van der Waals surface area contributed by atoms with E-state index in [1.54, 1.807) is 4.90 Å². The molecule has 0 aromatic heterocycles. The van der Waals surface area contributed by atoms with E-state index in [9.17, 15) is 9.59 Å². The molecule has 0 spiro atoms.